The van der Waals surface area contributed by atoms with E-state index < -0.39 is 5.91 Å². The molecule has 236 valence electrons. The Kier molecular flexibility index (Phi) is 15.4. The van der Waals surface area contributed by atoms with Crippen LogP contribution in [-0.2, 0) is 0 Å². The highest BCUT2D eigenvalue weighted by molar-refractivity contribution is 6.06. The van der Waals surface area contributed by atoms with E-state index in [4.69, 9.17) is 4.98 Å². The maximum Gasteiger partial charge on any atom is 0.259 e. The van der Waals surface area contributed by atoms with E-state index in [1.54, 1.807) is 24.3 Å². The first-order valence-corrected chi connectivity index (χ1v) is 12.5. The normalized spacial score (nSPS) is 14.0. The number of halogens is 1. The quantitative estimate of drug-likeness (QED) is 0.144. The van der Waals surface area contributed by atoms with Crippen LogP contribution in [0.25, 0.3) is 0 Å². The molecule has 15 heteroatoms. The molecule has 0 bridgehead atoms. The van der Waals surface area contributed by atoms with Crippen LogP contribution in [0, 0.1) is 0 Å². The van der Waals surface area contributed by atoms with Crippen LogP contribution in [0.4, 0.5) is 29.2 Å². The second-order valence-corrected chi connectivity index (χ2v) is 9.18. The number of piperidine rings is 2. The first kappa shape index (κ1) is 37.0. The molecular weight excluding hydrogens is 550 g/mol. The van der Waals surface area contributed by atoms with Crippen LogP contribution in [-0.4, -0.2) is 57.3 Å². The first-order valence-electron chi connectivity index (χ1n) is 12.5. The minimum absolute atomic E-state index is 0. The van der Waals surface area contributed by atoms with Gasteiger partial charge in [0.25, 0.3) is 5.91 Å². The number of para-hydroxylation sites is 1. The van der Waals surface area contributed by atoms with Gasteiger partial charge in [-0.15, -0.1) is 12.4 Å². The van der Waals surface area contributed by atoms with Crippen molar-refractivity contribution in [1.82, 2.24) is 39.6 Å². The fraction of sp³-hybridized carbons (Fsp3) is 0.385. The largest absolute Gasteiger partial charge is 0.507 e. The third-order valence-electron chi connectivity index (χ3n) is 6.54. The van der Waals surface area contributed by atoms with Gasteiger partial charge >= 0.3 is 0 Å². The zero-order valence-corrected chi connectivity index (χ0v) is 24.2. The summed E-state index contributed by atoms with van der Waals surface area (Å²) in [6, 6.07) is 11.1. The summed E-state index contributed by atoms with van der Waals surface area (Å²) in [7, 11) is 0. The van der Waals surface area contributed by atoms with Crippen LogP contribution < -0.4 is 45.0 Å². The molecule has 14 nitrogen and oxygen atoms in total. The maximum absolute atomic E-state index is 12.5. The van der Waals surface area contributed by atoms with Gasteiger partial charge in [-0.1, -0.05) is 12.1 Å². The van der Waals surface area contributed by atoms with Gasteiger partial charge in [-0.05, 0) is 62.8 Å². The lowest BCUT2D eigenvalue weighted by Crippen LogP contribution is -2.34. The van der Waals surface area contributed by atoms with E-state index in [0.717, 1.165) is 51.9 Å². The van der Waals surface area contributed by atoms with Gasteiger partial charge in [-0.3, -0.25) is 4.79 Å². The molecule has 1 aromatic heterocycles. The lowest BCUT2D eigenvalue weighted by Gasteiger charge is -2.30. The number of aromatic nitrogens is 3. The number of aromatic hydroxyl groups is 2. The number of hydrogen-bond acceptors (Lipinski definition) is 13. The summed E-state index contributed by atoms with van der Waals surface area (Å²) in [5, 5.41) is 26.3. The standard InChI is InChI=1S/C26H31N7O3.ClH.4H3N.4H2/c34-21-10-4-3-9-19(21)23(36)28-20-12-11-18(17-22(20)35)27-24-29-25(32-13-5-1-6-14-32)31-26(30-24)33-15-7-2-8-16-33;;;;;;;;;/h3-4,9-12,17,34-35H,1-2,5-8,13-16H2,(H,28,36)(H,27,29,30,31);1H;4*1H3;4*1H. The number of amides is 1. The lowest BCUT2D eigenvalue weighted by molar-refractivity contribution is 0.102. The van der Waals surface area contributed by atoms with Gasteiger partial charge in [-0.25, -0.2) is 0 Å². The Labute approximate surface area is 252 Å². The number of phenolic OH excluding ortho intramolecular Hbond substituents is 2. The van der Waals surface area contributed by atoms with Crippen molar-refractivity contribution >= 4 is 47.5 Å². The van der Waals surface area contributed by atoms with Crippen LogP contribution in [0.5, 0.6) is 11.5 Å². The summed E-state index contributed by atoms with van der Waals surface area (Å²) < 4.78 is 0. The number of carbonyl (C=O) groups excluding carboxylic acids is 1. The Morgan fingerprint density at radius 1 is 0.732 bits per heavy atom. The summed E-state index contributed by atoms with van der Waals surface area (Å²) in [4.78, 5) is 31.1. The van der Waals surface area contributed by atoms with Gasteiger partial charge in [-0.2, -0.15) is 15.0 Å². The summed E-state index contributed by atoms with van der Waals surface area (Å²) in [6.07, 6.45) is 6.92. The van der Waals surface area contributed by atoms with Gasteiger partial charge in [0.05, 0.1) is 11.3 Å². The molecule has 16 N–H and O–H groups in total. The summed E-state index contributed by atoms with van der Waals surface area (Å²) in [5.41, 5.74) is 0.931. The molecule has 2 aliphatic heterocycles. The van der Waals surface area contributed by atoms with Crippen LogP contribution in [0.15, 0.2) is 42.5 Å². The fourth-order valence-corrected chi connectivity index (χ4v) is 4.58. The smallest absolute Gasteiger partial charge is 0.259 e. The second-order valence-electron chi connectivity index (χ2n) is 9.18. The molecule has 2 aromatic carbocycles. The predicted molar refractivity (Wildman–Crippen MR) is 175 cm³/mol. The Hall–Kier alpha value is -3.95. The van der Waals surface area contributed by atoms with Gasteiger partial charge in [0.15, 0.2) is 0 Å². The maximum atomic E-state index is 12.5. The number of nitrogens with one attached hydrogen (secondary N) is 2. The van der Waals surface area contributed by atoms with Gasteiger partial charge < -0.3 is 55.2 Å². The van der Waals surface area contributed by atoms with Crippen molar-refractivity contribution in [3.63, 3.8) is 0 Å². The number of rotatable bonds is 6. The number of anilines is 5. The molecule has 2 saturated heterocycles. The molecule has 2 aliphatic rings. The monoisotopic (exact) mass is 601 g/mol. The molecule has 0 spiro atoms. The average molecular weight is 602 g/mol. The topological polar surface area (TPSA) is 267 Å². The average Bonchev–Trinajstić information content (AvgIpc) is 2.91. The highest BCUT2D eigenvalue weighted by Crippen LogP contribution is 2.30. The van der Waals surface area contributed by atoms with E-state index in [-0.39, 0.29) is 65.5 Å². The highest BCUT2D eigenvalue weighted by atomic mass is 35.5. The number of carbonyl (C=O) groups is 1. The summed E-state index contributed by atoms with van der Waals surface area (Å²) in [5.74, 6) is 0.990. The molecule has 0 aliphatic carbocycles. The summed E-state index contributed by atoms with van der Waals surface area (Å²) in [6.45, 7) is 3.70. The molecule has 0 radical (unpaired) electrons. The Bertz CT molecular complexity index is 1220. The summed E-state index contributed by atoms with van der Waals surface area (Å²) >= 11 is 0. The first-order chi connectivity index (χ1) is 17.6. The minimum Gasteiger partial charge on any atom is -0.507 e. The number of hydrogen-bond donors (Lipinski definition) is 8. The molecule has 2 fully saturated rings. The molecule has 5 rings (SSSR count). The van der Waals surface area contributed by atoms with Crippen molar-refractivity contribution < 1.29 is 20.7 Å². The van der Waals surface area contributed by atoms with Crippen molar-refractivity contribution in [3.8, 4) is 11.5 Å². The van der Waals surface area contributed by atoms with Gasteiger partial charge in [0.2, 0.25) is 17.8 Å². The third-order valence-corrected chi connectivity index (χ3v) is 6.54. The van der Waals surface area contributed by atoms with E-state index in [1.807, 2.05) is 0 Å². The molecule has 0 unspecified atom stereocenters. The van der Waals surface area contributed by atoms with Crippen LogP contribution in [0.2, 0.25) is 0 Å². The number of phenols is 2. The van der Waals surface area contributed by atoms with Crippen molar-refractivity contribution in [2.24, 2.45) is 0 Å². The minimum atomic E-state index is -0.515. The zero-order chi connectivity index (χ0) is 24.9. The highest BCUT2D eigenvalue weighted by Gasteiger charge is 2.21. The molecular formula is C26H52ClN11O3. The van der Waals surface area contributed by atoms with Gasteiger partial charge in [0.1, 0.15) is 11.5 Å². The predicted octanol–water partition coefficient (Wildman–Crippen LogP) is 6.31. The van der Waals surface area contributed by atoms with E-state index in [1.165, 1.54) is 31.0 Å². The van der Waals surface area contributed by atoms with E-state index in [9.17, 15) is 15.0 Å². The lowest BCUT2D eigenvalue weighted by atomic mass is 10.1. The van der Waals surface area contributed by atoms with E-state index in [2.05, 4.69) is 30.4 Å². The third kappa shape index (κ3) is 9.03. The van der Waals surface area contributed by atoms with Crippen LogP contribution in [0.1, 0.15) is 54.6 Å². The van der Waals surface area contributed by atoms with Crippen molar-refractivity contribution in [3.05, 3.63) is 48.0 Å². The van der Waals surface area contributed by atoms with Gasteiger partial charge in [0, 0.05) is 43.6 Å². The van der Waals surface area contributed by atoms with E-state index >= 15 is 0 Å². The molecule has 0 saturated carbocycles. The van der Waals surface area contributed by atoms with Crippen molar-refractivity contribution in [1.29, 1.82) is 0 Å². The SMILES string of the molecule is Cl.N.N.N.N.O=C(Nc1ccc(Nc2nc(N3CCCCC3)nc(N3CCCCC3)n2)cc1O)c1ccccc1O.[HH].[HH].[HH].[HH]. The number of benzene rings is 2. The Morgan fingerprint density at radius 2 is 1.27 bits per heavy atom. The Balaban J connectivity index is -0.000000593. The molecule has 3 aromatic rings. The van der Waals surface area contributed by atoms with Crippen LogP contribution >= 0.6 is 12.4 Å². The van der Waals surface area contributed by atoms with Crippen molar-refractivity contribution in [2.45, 2.75) is 38.5 Å². The van der Waals surface area contributed by atoms with E-state index in [0.29, 0.717) is 23.5 Å². The molecule has 0 atom stereocenters. The molecule has 1 amide bonds. The van der Waals surface area contributed by atoms with Crippen LogP contribution in [0.3, 0.4) is 0 Å². The zero-order valence-electron chi connectivity index (χ0n) is 23.4. The fourth-order valence-electron chi connectivity index (χ4n) is 4.58. The van der Waals surface area contributed by atoms with Crippen molar-refractivity contribution in [2.75, 3.05) is 46.6 Å². The second kappa shape index (κ2) is 17.0. The molecule has 41 heavy (non-hydrogen) atoms. The number of nitrogens with zero attached hydrogens (tertiary/aromatic N) is 5. The molecule has 3 heterocycles. The Morgan fingerprint density at radius 3 is 1.78 bits per heavy atom.